The van der Waals surface area contributed by atoms with Gasteiger partial charge in [-0.1, -0.05) is 53.7 Å². The van der Waals surface area contributed by atoms with E-state index in [0.717, 1.165) is 5.56 Å². The lowest BCUT2D eigenvalue weighted by atomic mass is 10.2. The van der Waals surface area contributed by atoms with Crippen molar-refractivity contribution in [3.05, 3.63) is 65.2 Å². The Morgan fingerprint density at radius 2 is 1.88 bits per heavy atom. The summed E-state index contributed by atoms with van der Waals surface area (Å²) >= 11 is 7.12. The van der Waals surface area contributed by atoms with Gasteiger partial charge in [0.15, 0.2) is 5.17 Å². The largest absolute Gasteiger partial charge is 0.369 e. The second kappa shape index (κ2) is 7.72. The molecule has 0 saturated carbocycles. The third-order valence-corrected chi connectivity index (χ3v) is 5.15. The molecule has 25 heavy (non-hydrogen) atoms. The quantitative estimate of drug-likeness (QED) is 0.892. The van der Waals surface area contributed by atoms with Crippen LogP contribution >= 0.6 is 23.4 Å². The number of rotatable bonds is 4. The molecule has 2 amide bonds. The molecule has 0 spiro atoms. The van der Waals surface area contributed by atoms with E-state index >= 15 is 0 Å². The number of amidine groups is 1. The summed E-state index contributed by atoms with van der Waals surface area (Å²) in [5.41, 5.74) is 7.04. The molecule has 2 aromatic rings. The smallest absolute Gasteiger partial charge is 0.231 e. The molecule has 0 bridgehead atoms. The van der Waals surface area contributed by atoms with Gasteiger partial charge >= 0.3 is 0 Å². The molecule has 0 radical (unpaired) electrons. The molecule has 3 rings (SSSR count). The van der Waals surface area contributed by atoms with Gasteiger partial charge in [0.05, 0.1) is 17.5 Å². The van der Waals surface area contributed by atoms with E-state index in [9.17, 15) is 9.59 Å². The number of carbonyl (C=O) groups excluding carboxylic acids is 2. The predicted octanol–water partition coefficient (Wildman–Crippen LogP) is 3.35. The van der Waals surface area contributed by atoms with Gasteiger partial charge in [0.2, 0.25) is 11.8 Å². The van der Waals surface area contributed by atoms with Gasteiger partial charge in [0.25, 0.3) is 0 Å². The van der Waals surface area contributed by atoms with Crippen molar-refractivity contribution in [2.24, 2.45) is 10.7 Å². The monoisotopic (exact) mass is 373 g/mol. The summed E-state index contributed by atoms with van der Waals surface area (Å²) in [7, 11) is 0. The fraction of sp³-hybridized carbons (Fsp3) is 0.167. The van der Waals surface area contributed by atoms with Crippen LogP contribution in [0.25, 0.3) is 0 Å². The second-order valence-corrected chi connectivity index (χ2v) is 7.16. The topological polar surface area (TPSA) is 75.8 Å². The van der Waals surface area contributed by atoms with E-state index in [2.05, 4.69) is 4.99 Å². The molecule has 1 aliphatic rings. The van der Waals surface area contributed by atoms with Crippen molar-refractivity contribution in [1.82, 2.24) is 4.90 Å². The SMILES string of the molecule is NC(=O)C1CC(=O)N(Cc2ccccc2)C(=Nc2ccc(Cl)cc2)S1. The summed E-state index contributed by atoms with van der Waals surface area (Å²) in [6.07, 6.45) is 0.0759. The number of primary amides is 1. The zero-order valence-corrected chi connectivity index (χ0v) is 14.8. The standard InChI is InChI=1S/C18H16ClN3O2S/c19-13-6-8-14(9-7-13)21-18-22(11-12-4-2-1-3-5-12)16(23)10-15(25-18)17(20)24/h1-9,15H,10-11H2,(H2,20,24). The Morgan fingerprint density at radius 3 is 2.52 bits per heavy atom. The third kappa shape index (κ3) is 4.41. The molecule has 1 atom stereocenters. The van der Waals surface area contributed by atoms with Crippen molar-refractivity contribution < 1.29 is 9.59 Å². The number of amides is 2. The highest BCUT2D eigenvalue weighted by molar-refractivity contribution is 8.15. The highest BCUT2D eigenvalue weighted by Crippen LogP contribution is 2.30. The van der Waals surface area contributed by atoms with Crippen LogP contribution in [0.3, 0.4) is 0 Å². The Kier molecular flexibility index (Phi) is 5.40. The van der Waals surface area contributed by atoms with Gasteiger partial charge in [0, 0.05) is 11.4 Å². The van der Waals surface area contributed by atoms with Gasteiger partial charge in [-0.3, -0.25) is 14.5 Å². The highest BCUT2D eigenvalue weighted by atomic mass is 35.5. The fourth-order valence-electron chi connectivity index (χ4n) is 2.40. The van der Waals surface area contributed by atoms with Crippen LogP contribution in [0.15, 0.2) is 59.6 Å². The lowest BCUT2D eigenvalue weighted by Crippen LogP contribution is -2.45. The number of hydrogen-bond donors (Lipinski definition) is 1. The molecule has 128 valence electrons. The molecule has 1 aliphatic heterocycles. The highest BCUT2D eigenvalue weighted by Gasteiger charge is 2.34. The second-order valence-electron chi connectivity index (χ2n) is 5.55. The Morgan fingerprint density at radius 1 is 1.20 bits per heavy atom. The number of aliphatic imine (C=N–C) groups is 1. The first-order valence-electron chi connectivity index (χ1n) is 7.67. The minimum atomic E-state index is -0.606. The molecule has 0 aromatic heterocycles. The Labute approximate surface area is 154 Å². The molecular weight excluding hydrogens is 358 g/mol. The van der Waals surface area contributed by atoms with Crippen molar-refractivity contribution in [2.75, 3.05) is 0 Å². The van der Waals surface area contributed by atoms with Crippen LogP contribution < -0.4 is 5.73 Å². The summed E-state index contributed by atoms with van der Waals surface area (Å²) in [5.74, 6) is -0.680. The summed E-state index contributed by atoms with van der Waals surface area (Å²) in [6.45, 7) is 0.393. The minimum absolute atomic E-state index is 0.0759. The number of nitrogens with two attached hydrogens (primary N) is 1. The normalized spacial score (nSPS) is 19.2. The lowest BCUT2D eigenvalue weighted by Gasteiger charge is -2.31. The van der Waals surface area contributed by atoms with Crippen LogP contribution in [-0.2, 0) is 16.1 Å². The van der Waals surface area contributed by atoms with Gasteiger partial charge in [-0.05, 0) is 29.8 Å². The maximum Gasteiger partial charge on any atom is 0.231 e. The van der Waals surface area contributed by atoms with E-state index in [1.165, 1.54) is 11.8 Å². The molecule has 2 aromatic carbocycles. The predicted molar refractivity (Wildman–Crippen MR) is 101 cm³/mol. The molecule has 0 aliphatic carbocycles. The third-order valence-electron chi connectivity index (χ3n) is 3.69. The maximum absolute atomic E-state index is 12.6. The van der Waals surface area contributed by atoms with E-state index in [1.54, 1.807) is 29.2 Å². The zero-order chi connectivity index (χ0) is 17.8. The number of halogens is 1. The van der Waals surface area contributed by atoms with Crippen LogP contribution in [0.1, 0.15) is 12.0 Å². The van der Waals surface area contributed by atoms with Gasteiger partial charge in [-0.25, -0.2) is 4.99 Å². The first-order valence-corrected chi connectivity index (χ1v) is 8.93. The van der Waals surface area contributed by atoms with E-state index in [1.807, 2.05) is 30.3 Å². The van der Waals surface area contributed by atoms with Gasteiger partial charge < -0.3 is 5.73 Å². The minimum Gasteiger partial charge on any atom is -0.369 e. The molecule has 1 heterocycles. The first kappa shape index (κ1) is 17.5. The van der Waals surface area contributed by atoms with Gasteiger partial charge in [0.1, 0.15) is 0 Å². The Balaban J connectivity index is 1.93. The molecule has 7 heteroatoms. The van der Waals surface area contributed by atoms with E-state index in [0.29, 0.717) is 22.4 Å². The number of carbonyl (C=O) groups is 2. The average Bonchev–Trinajstić information content (AvgIpc) is 2.60. The fourth-order valence-corrected chi connectivity index (χ4v) is 3.58. The van der Waals surface area contributed by atoms with Gasteiger partial charge in [-0.15, -0.1) is 0 Å². The summed E-state index contributed by atoms with van der Waals surface area (Å²) in [6, 6.07) is 16.6. The van der Waals surface area contributed by atoms with Gasteiger partial charge in [-0.2, -0.15) is 0 Å². The van der Waals surface area contributed by atoms with Crippen LogP contribution in [0, 0.1) is 0 Å². The molecule has 1 saturated heterocycles. The van der Waals surface area contributed by atoms with E-state index < -0.39 is 11.2 Å². The lowest BCUT2D eigenvalue weighted by molar-refractivity contribution is -0.130. The summed E-state index contributed by atoms with van der Waals surface area (Å²) < 4.78 is 0. The van der Waals surface area contributed by atoms with Crippen LogP contribution in [0.2, 0.25) is 5.02 Å². The number of thioether (sulfide) groups is 1. The van der Waals surface area contributed by atoms with Crippen molar-refractivity contribution in [3.63, 3.8) is 0 Å². The van der Waals surface area contributed by atoms with Crippen molar-refractivity contribution in [1.29, 1.82) is 0 Å². The molecular formula is C18H16ClN3O2S. The number of hydrogen-bond acceptors (Lipinski definition) is 4. The Hall–Kier alpha value is -2.31. The Bertz CT molecular complexity index is 809. The zero-order valence-electron chi connectivity index (χ0n) is 13.3. The average molecular weight is 374 g/mol. The number of nitrogens with zero attached hydrogens (tertiary/aromatic N) is 2. The summed E-state index contributed by atoms with van der Waals surface area (Å²) in [5, 5.41) is 0.462. The van der Waals surface area contributed by atoms with Crippen molar-refractivity contribution in [2.45, 2.75) is 18.2 Å². The van der Waals surface area contributed by atoms with Crippen LogP contribution in [0.5, 0.6) is 0 Å². The van der Waals surface area contributed by atoms with Crippen LogP contribution in [-0.4, -0.2) is 27.1 Å². The maximum atomic E-state index is 12.6. The number of benzene rings is 2. The summed E-state index contributed by atoms with van der Waals surface area (Å²) in [4.78, 5) is 30.3. The van der Waals surface area contributed by atoms with E-state index in [-0.39, 0.29) is 12.3 Å². The van der Waals surface area contributed by atoms with Crippen molar-refractivity contribution >= 4 is 46.0 Å². The first-order chi connectivity index (χ1) is 12.0. The molecule has 1 fully saturated rings. The molecule has 2 N–H and O–H groups in total. The van der Waals surface area contributed by atoms with E-state index in [4.69, 9.17) is 17.3 Å². The van der Waals surface area contributed by atoms with Crippen LogP contribution in [0.4, 0.5) is 5.69 Å². The molecule has 5 nitrogen and oxygen atoms in total. The molecule has 1 unspecified atom stereocenters. The van der Waals surface area contributed by atoms with Crippen molar-refractivity contribution in [3.8, 4) is 0 Å².